The molecule has 4 aromatic carbocycles. The zero-order chi connectivity index (χ0) is 43.8. The highest BCUT2D eigenvalue weighted by Crippen LogP contribution is 2.50. The van der Waals surface area contributed by atoms with Gasteiger partial charge in [0.05, 0.1) is 5.92 Å². The van der Waals surface area contributed by atoms with Crippen molar-refractivity contribution in [3.8, 4) is 11.5 Å². The van der Waals surface area contributed by atoms with E-state index in [1.807, 2.05) is 60.7 Å². The highest BCUT2D eigenvalue weighted by molar-refractivity contribution is 7.53. The van der Waals surface area contributed by atoms with Gasteiger partial charge in [-0.15, -0.1) is 0 Å². The average Bonchev–Trinajstić information content (AvgIpc) is 4.21. The summed E-state index contributed by atoms with van der Waals surface area (Å²) in [5.74, 6) is -0.0997. The minimum Gasteiger partial charge on any atom is -0.481 e. The Morgan fingerprint density at radius 1 is 0.656 bits per heavy atom. The van der Waals surface area contributed by atoms with Gasteiger partial charge in [-0.25, -0.2) is 4.57 Å². The van der Waals surface area contributed by atoms with Gasteiger partial charge in [0.1, 0.15) is 11.5 Å². The first-order valence-electron chi connectivity index (χ1n) is 20.3. The van der Waals surface area contributed by atoms with Crippen LogP contribution < -0.4 is 9.05 Å². The molecule has 2 saturated carbocycles. The Hall–Kier alpha value is -6.09. The molecule has 2 fully saturated rings. The number of azide groups is 2. The highest BCUT2D eigenvalue weighted by atomic mass is 31.2. The molecule has 2 aliphatic rings. The van der Waals surface area contributed by atoms with E-state index in [0.29, 0.717) is 11.5 Å². The van der Waals surface area contributed by atoms with Gasteiger partial charge in [0.25, 0.3) is 0 Å². The fourth-order valence-corrected chi connectivity index (χ4v) is 7.33. The Balaban J connectivity index is 0.000000291. The molecule has 0 saturated heterocycles. The molecule has 0 aliphatic heterocycles. The quantitative estimate of drug-likeness (QED) is 0.0502. The molecule has 61 heavy (non-hydrogen) atoms. The molecule has 2 aliphatic carbocycles. The Bertz CT molecular complexity index is 2070. The van der Waals surface area contributed by atoms with Crippen LogP contribution in [0.5, 0.6) is 11.5 Å². The molecule has 4 atom stereocenters. The van der Waals surface area contributed by atoms with Crippen molar-refractivity contribution in [2.24, 2.45) is 33.7 Å². The number of rotatable bonds is 16. The van der Waals surface area contributed by atoms with Crippen LogP contribution in [-0.2, 0) is 14.2 Å². The molecule has 0 bridgehead atoms. The van der Waals surface area contributed by atoms with E-state index >= 15 is 0 Å². The third kappa shape index (κ3) is 18.4. The number of hydrogen-bond donors (Lipinski definition) is 1. The second kappa shape index (κ2) is 27.6. The summed E-state index contributed by atoms with van der Waals surface area (Å²) in [5.41, 5.74) is 21.6. The van der Waals surface area contributed by atoms with E-state index in [0.717, 1.165) is 36.8 Å². The number of aliphatic carboxylic acids is 1. The Morgan fingerprint density at radius 3 is 1.34 bits per heavy atom. The van der Waals surface area contributed by atoms with Crippen molar-refractivity contribution in [1.82, 2.24) is 4.90 Å². The number of carboxylic acids is 1. The number of nitrogens with zero attached hydrogens (tertiary/aromatic N) is 7. The van der Waals surface area contributed by atoms with Crippen molar-refractivity contribution in [3.05, 3.63) is 164 Å². The number of allylic oxidation sites excluding steroid dienone is 2. The first-order valence-corrected chi connectivity index (χ1v) is 21.7. The Labute approximate surface area is 361 Å². The van der Waals surface area contributed by atoms with Crippen LogP contribution in [0.4, 0.5) is 0 Å². The maximum atomic E-state index is 12.3. The van der Waals surface area contributed by atoms with Crippen molar-refractivity contribution >= 4 is 31.8 Å². The lowest BCUT2D eigenvalue weighted by molar-refractivity contribution is -0.138. The third-order valence-electron chi connectivity index (χ3n) is 9.85. The third-order valence-corrected chi connectivity index (χ3v) is 11.0. The molecule has 1 amide bonds. The summed E-state index contributed by atoms with van der Waals surface area (Å²) in [4.78, 5) is 32.8. The number of amides is 1. The fraction of sp³-hybridized carbons (Fsp3) is 0.362. The van der Waals surface area contributed by atoms with E-state index in [9.17, 15) is 14.2 Å². The Morgan fingerprint density at radius 2 is 1.03 bits per heavy atom. The van der Waals surface area contributed by atoms with Crippen molar-refractivity contribution in [2.75, 3.05) is 19.6 Å². The first-order chi connectivity index (χ1) is 29.0. The standard InChI is InChI=1S/C14H15N3O.C14H16O2.C12H10N3O3P.C6H15N.CH4/c1-2-11(8-10-6-4-3-5-7-10)12-9-13(12)14(18)16-17-15;1-2-11(12-9-13(12)14(15)16)8-10-6-4-3-5-7-10;13-14-15-19(16,17-11-7-3-1-4-8-11)18-12-9-5-2-6-10-12;1-4-7(5-2)6-3;/h3-8,12-13H,2,9H2,1H3;3-8,12-13H,2,9H2,1H3,(H,15,16);1-10H;4-6H2,1-3H3;1H4/b2*11-8+;;;. The molecule has 0 aromatic heterocycles. The number of hydrogen-bond acceptors (Lipinski definition) is 6. The number of para-hydroxylation sites is 2. The van der Waals surface area contributed by atoms with Crippen molar-refractivity contribution in [3.63, 3.8) is 0 Å². The zero-order valence-corrected chi connectivity index (χ0v) is 35.9. The summed E-state index contributed by atoms with van der Waals surface area (Å²) < 4.78 is 22.6. The largest absolute Gasteiger partial charge is 0.525 e. The van der Waals surface area contributed by atoms with Crippen LogP contribution in [0.3, 0.4) is 0 Å². The van der Waals surface area contributed by atoms with Crippen molar-refractivity contribution in [2.45, 2.75) is 67.7 Å². The normalized spacial score (nSPS) is 17.3. The molecule has 0 radical (unpaired) electrons. The molecule has 14 heteroatoms. The van der Waals surface area contributed by atoms with E-state index in [4.69, 9.17) is 25.2 Å². The number of carbonyl (C=O) groups is 2. The lowest BCUT2D eigenvalue weighted by Crippen LogP contribution is -2.21. The van der Waals surface area contributed by atoms with Gasteiger partial charge in [-0.3, -0.25) is 9.59 Å². The van der Waals surface area contributed by atoms with Crippen LogP contribution in [0, 0.1) is 23.7 Å². The molecular weight excluding hydrogens is 790 g/mol. The van der Waals surface area contributed by atoms with Gasteiger partial charge < -0.3 is 19.1 Å². The second-order valence-corrected chi connectivity index (χ2v) is 15.3. The minimum atomic E-state index is -3.95. The van der Waals surface area contributed by atoms with Crippen molar-refractivity contribution in [1.29, 1.82) is 0 Å². The molecule has 0 spiro atoms. The van der Waals surface area contributed by atoms with Gasteiger partial charge >= 0.3 is 13.7 Å². The van der Waals surface area contributed by atoms with Gasteiger partial charge in [0.2, 0.25) is 5.91 Å². The highest BCUT2D eigenvalue weighted by Gasteiger charge is 2.45. The molecule has 6 rings (SSSR count). The fourth-order valence-electron chi connectivity index (χ4n) is 6.35. The van der Waals surface area contributed by atoms with E-state index in [-0.39, 0.29) is 37.0 Å². The minimum absolute atomic E-state index is 0. The van der Waals surface area contributed by atoms with Gasteiger partial charge in [0.15, 0.2) is 0 Å². The monoisotopic (exact) mass is 849 g/mol. The average molecular weight is 850 g/mol. The van der Waals surface area contributed by atoms with Crippen LogP contribution in [-0.4, -0.2) is 41.5 Å². The summed E-state index contributed by atoms with van der Waals surface area (Å²) in [7, 11) is -3.95. The summed E-state index contributed by atoms with van der Waals surface area (Å²) in [6.45, 7) is 14.3. The zero-order valence-electron chi connectivity index (χ0n) is 35.0. The topological polar surface area (TPSA) is 191 Å². The maximum absolute atomic E-state index is 12.3. The van der Waals surface area contributed by atoms with E-state index in [1.54, 1.807) is 60.7 Å². The second-order valence-electron chi connectivity index (χ2n) is 13.8. The molecule has 4 aromatic rings. The van der Waals surface area contributed by atoms with Crippen LogP contribution in [0.25, 0.3) is 33.0 Å². The van der Waals surface area contributed by atoms with E-state index in [2.05, 4.69) is 71.5 Å². The Kier molecular flexibility index (Phi) is 23.1. The molecule has 0 heterocycles. The molecule has 324 valence electrons. The van der Waals surface area contributed by atoms with E-state index in [1.165, 1.54) is 30.8 Å². The summed E-state index contributed by atoms with van der Waals surface area (Å²) in [6.07, 6.45) is 7.73. The van der Waals surface area contributed by atoms with Crippen molar-refractivity contribution < 1.29 is 28.3 Å². The summed E-state index contributed by atoms with van der Waals surface area (Å²) >= 11 is 0. The van der Waals surface area contributed by atoms with Crippen LogP contribution >= 0.6 is 7.75 Å². The summed E-state index contributed by atoms with van der Waals surface area (Å²) in [6, 6.07) is 36.9. The molecule has 4 unspecified atom stereocenters. The van der Waals surface area contributed by atoms with Gasteiger partial charge in [-0.1, -0.05) is 162 Å². The maximum Gasteiger partial charge on any atom is 0.525 e. The molecule has 13 nitrogen and oxygen atoms in total. The first kappa shape index (κ1) is 51.1. The van der Waals surface area contributed by atoms with Gasteiger partial charge in [-0.2, -0.15) is 0 Å². The number of benzene rings is 4. The smallest absolute Gasteiger partial charge is 0.481 e. The lowest BCUT2D eigenvalue weighted by atomic mass is 10.0. The van der Waals surface area contributed by atoms with E-state index < -0.39 is 13.7 Å². The molecule has 1 N–H and O–H groups in total. The predicted octanol–water partition coefficient (Wildman–Crippen LogP) is 13.7. The lowest BCUT2D eigenvalue weighted by Gasteiger charge is -2.14. The summed E-state index contributed by atoms with van der Waals surface area (Å²) in [5, 5.41) is 12.1. The van der Waals surface area contributed by atoms with Crippen LogP contribution in [0.2, 0.25) is 0 Å². The van der Waals surface area contributed by atoms with Gasteiger partial charge in [0, 0.05) is 20.6 Å². The molecular formula is C47H60N7O6P. The van der Waals surface area contributed by atoms with Gasteiger partial charge in [-0.05, 0) is 109 Å². The number of carbonyl (C=O) groups excluding carboxylic acids is 1. The predicted molar refractivity (Wildman–Crippen MR) is 245 cm³/mol. The number of carboxylic acid groups (broad SMARTS) is 1. The van der Waals surface area contributed by atoms with Crippen LogP contribution in [0.1, 0.15) is 78.9 Å². The van der Waals surface area contributed by atoms with Crippen LogP contribution in [0.15, 0.2) is 142 Å². The SMILES string of the molecule is C.CC/C(=C\c1ccccc1)C1CC1C(=O)N=[N+]=[N-].CC/C(=C\c1ccccc1)C1CC1C(=O)O.CCN(CC)CC.[N-]=[N+]=NP(=O)(Oc1ccccc1)Oc1ccccc1.